The van der Waals surface area contributed by atoms with Crippen LogP contribution in [0.4, 0.5) is 4.79 Å². The highest BCUT2D eigenvalue weighted by Gasteiger charge is 2.50. The Bertz CT molecular complexity index is 2470. The minimum absolute atomic E-state index is 0.00800. The Labute approximate surface area is 409 Å². The average molecular weight is 1040 g/mol. The molecule has 0 saturated carbocycles. The fraction of sp³-hybridized carbons (Fsp3) is 0.524. The molecule has 3 saturated heterocycles. The summed E-state index contributed by atoms with van der Waals surface area (Å²) >= 11 is 0. The van der Waals surface area contributed by atoms with Crippen LogP contribution in [0.1, 0.15) is 44.8 Å². The number of hydrogen-bond acceptors (Lipinski definition) is 20. The molecule has 0 aromatic heterocycles. The summed E-state index contributed by atoms with van der Waals surface area (Å²) in [6, 6.07) is -2.86. The molecule has 72 heavy (non-hydrogen) atoms. The van der Waals surface area contributed by atoms with Crippen LogP contribution < -0.4 is 41.2 Å². The molecule has 396 valence electrons. The zero-order valence-corrected chi connectivity index (χ0v) is 39.1. The van der Waals surface area contributed by atoms with Crippen molar-refractivity contribution in [1.82, 2.24) is 36.4 Å². The van der Waals surface area contributed by atoms with Gasteiger partial charge in [-0.05, 0) is 36.8 Å². The van der Waals surface area contributed by atoms with Gasteiger partial charge in [-0.25, -0.2) is 4.79 Å². The number of carbonyl (C=O) groups excluding carboxylic acids is 8. The van der Waals surface area contributed by atoms with Crippen LogP contribution in [-0.2, 0) is 44.0 Å². The molecule has 3 heterocycles. The van der Waals surface area contributed by atoms with E-state index in [1.165, 1.54) is 31.2 Å². The summed E-state index contributed by atoms with van der Waals surface area (Å²) in [5.41, 5.74) is 4.73. The number of nitrogens with one attached hydrogen (secondary N) is 5. The minimum Gasteiger partial charge on any atom is -0.504 e. The lowest BCUT2D eigenvalue weighted by Gasteiger charge is -2.34. The average Bonchev–Trinajstić information content (AvgIpc) is 3.84. The minimum atomic E-state index is -5.32. The summed E-state index contributed by atoms with van der Waals surface area (Å²) in [4.78, 5) is 112. The van der Waals surface area contributed by atoms with Gasteiger partial charge < -0.3 is 91.9 Å². The molecule has 3 aliphatic rings. The third-order valence-electron chi connectivity index (χ3n) is 11.9. The van der Waals surface area contributed by atoms with E-state index < -0.39 is 199 Å². The van der Waals surface area contributed by atoms with Gasteiger partial charge in [-0.15, -0.1) is 0 Å². The van der Waals surface area contributed by atoms with Crippen LogP contribution in [0.5, 0.6) is 17.2 Å². The van der Waals surface area contributed by atoms with Crippen molar-refractivity contribution < 1.29 is 101 Å². The molecule has 0 radical (unpaired) electrons. The summed E-state index contributed by atoms with van der Waals surface area (Å²) in [5, 5.41) is 99.5. The number of aromatic hydroxyl groups is 1. The van der Waals surface area contributed by atoms with Crippen molar-refractivity contribution in [2.75, 3.05) is 19.6 Å². The number of primary amides is 1. The molecule has 8 amide bonds. The van der Waals surface area contributed by atoms with Crippen molar-refractivity contribution in [2.24, 2.45) is 11.7 Å². The van der Waals surface area contributed by atoms with Crippen molar-refractivity contribution in [3.8, 4) is 17.2 Å². The van der Waals surface area contributed by atoms with Gasteiger partial charge >= 0.3 is 16.5 Å². The summed E-state index contributed by atoms with van der Waals surface area (Å²) in [7, 11) is -5.32. The zero-order valence-electron chi connectivity index (χ0n) is 38.2. The van der Waals surface area contributed by atoms with Crippen molar-refractivity contribution in [1.29, 1.82) is 0 Å². The Morgan fingerprint density at radius 3 is 2.07 bits per heavy atom. The summed E-state index contributed by atoms with van der Waals surface area (Å²) < 4.78 is 41.7. The second kappa shape index (κ2) is 23.6. The number of hydrogen-bond donors (Lipinski definition) is 15. The van der Waals surface area contributed by atoms with E-state index >= 15 is 0 Å². The molecule has 14 atom stereocenters. The number of aliphatic hydroxyl groups is 7. The number of aliphatic hydroxyl groups excluding tert-OH is 7. The lowest BCUT2D eigenvalue weighted by molar-refractivity contribution is -0.148. The first-order valence-electron chi connectivity index (χ1n) is 22.0. The predicted molar refractivity (Wildman–Crippen MR) is 238 cm³/mol. The third-order valence-corrected chi connectivity index (χ3v) is 12.3. The van der Waals surface area contributed by atoms with E-state index in [2.05, 4.69) is 30.8 Å². The number of β-amino-alcohol motifs (C(OH)–C–C–N with tert-alkyl or cyclic N) is 1. The number of amides is 8. The molecular formula is C42H56N8O21S. The lowest BCUT2D eigenvalue weighted by atomic mass is 9.96. The van der Waals surface area contributed by atoms with Gasteiger partial charge in [0.15, 0.2) is 11.5 Å². The Morgan fingerprint density at radius 1 is 0.819 bits per heavy atom. The molecule has 0 aliphatic carbocycles. The van der Waals surface area contributed by atoms with Gasteiger partial charge in [0, 0.05) is 38.4 Å². The van der Waals surface area contributed by atoms with Gasteiger partial charge in [0.05, 0.1) is 36.9 Å². The van der Waals surface area contributed by atoms with Gasteiger partial charge in [0.25, 0.3) is 0 Å². The Hall–Kier alpha value is -6.77. The van der Waals surface area contributed by atoms with Crippen molar-refractivity contribution in [3.05, 3.63) is 54.1 Å². The largest absolute Gasteiger partial charge is 0.504 e. The molecule has 29 nitrogen and oxygen atoms in total. The Kier molecular flexibility index (Phi) is 18.4. The molecule has 5 unspecified atom stereocenters. The molecule has 2 aromatic carbocycles. The maximum atomic E-state index is 14.5. The van der Waals surface area contributed by atoms with Crippen molar-refractivity contribution in [3.63, 3.8) is 0 Å². The number of phenolic OH excluding ortho intramolecular Hbond substituents is 1. The van der Waals surface area contributed by atoms with Gasteiger partial charge in [0.2, 0.25) is 41.4 Å². The number of rotatable bonds is 11. The van der Waals surface area contributed by atoms with E-state index in [-0.39, 0.29) is 5.75 Å². The van der Waals surface area contributed by atoms with Crippen LogP contribution in [-0.4, -0.2) is 204 Å². The molecule has 3 fully saturated rings. The maximum Gasteiger partial charge on any atom is 0.446 e. The smallest absolute Gasteiger partial charge is 0.446 e. The van der Waals surface area contributed by atoms with Gasteiger partial charge in [-0.3, -0.25) is 38.1 Å². The number of phenols is 1. The molecule has 16 N–H and O–H groups in total. The van der Waals surface area contributed by atoms with E-state index in [4.69, 9.17) is 10.5 Å². The number of ether oxygens (including phenoxy) is 1. The quantitative estimate of drug-likeness (QED) is 0.0930. The molecule has 0 bridgehead atoms. The summed E-state index contributed by atoms with van der Waals surface area (Å²) in [5.74, 6) is -12.2. The monoisotopic (exact) mass is 1040 g/mol. The van der Waals surface area contributed by atoms with Crippen LogP contribution in [0.15, 0.2) is 48.5 Å². The standard InChI is InChI=1S/C42H56N8O21S/c1-17-15-50-32(33(17)57)39(63)44-14-20(52)11-23(45-42(66)70-22-6-4-3-5-7-22)36(60)46-29(18(2)51)40(64)49-16-21(53)12-24(49)37(61)48-31(38(62)47-30(41(50)65)26(55)13-28(43)56)35(59)34(58)19-8-9-25(54)27(10-19)71-72(67,68)69/h3-10,17-18,20-21,23-24,26,29-35,51-55,57-59H,11-16H2,1-2H3,(H2,43,56)(H,44,63)(H,45,66)(H,46,60)(H,47,62)(H,48,61)(H,67,68,69)/t17-,18-,20+,21+,23-,24?,26+,29?,30?,31?,32?,33-,34-,35-/m0/s1. The molecular weight excluding hydrogens is 985 g/mol. The van der Waals surface area contributed by atoms with Crippen molar-refractivity contribution in [2.45, 2.75) is 112 Å². The Morgan fingerprint density at radius 2 is 1.44 bits per heavy atom. The first-order chi connectivity index (χ1) is 33.7. The fourth-order valence-electron chi connectivity index (χ4n) is 8.25. The fourth-order valence-corrected chi connectivity index (χ4v) is 8.61. The number of benzene rings is 2. The van der Waals surface area contributed by atoms with E-state index in [9.17, 15) is 92.2 Å². The summed E-state index contributed by atoms with van der Waals surface area (Å²) in [6.07, 6.45) is -17.8. The molecule has 3 aliphatic heterocycles. The molecule has 0 spiro atoms. The first kappa shape index (κ1) is 56.1. The van der Waals surface area contributed by atoms with Crippen LogP contribution in [0.25, 0.3) is 0 Å². The van der Waals surface area contributed by atoms with Gasteiger partial charge in [-0.1, -0.05) is 31.2 Å². The third kappa shape index (κ3) is 14.0. The van der Waals surface area contributed by atoms with Gasteiger partial charge in [0.1, 0.15) is 54.2 Å². The van der Waals surface area contributed by atoms with E-state index in [1.54, 1.807) is 6.07 Å². The number of fused-ring (bicyclic) bond motifs is 2. The van der Waals surface area contributed by atoms with Crippen molar-refractivity contribution >= 4 is 57.8 Å². The highest BCUT2D eigenvalue weighted by Crippen LogP contribution is 2.33. The second-order valence-corrected chi connectivity index (χ2v) is 18.5. The van der Waals surface area contributed by atoms with Crippen LogP contribution in [0.2, 0.25) is 0 Å². The first-order valence-corrected chi connectivity index (χ1v) is 23.4. The van der Waals surface area contributed by atoms with E-state index in [0.717, 1.165) is 19.1 Å². The molecule has 5 rings (SSSR count). The van der Waals surface area contributed by atoms with Crippen LogP contribution in [0.3, 0.4) is 0 Å². The van der Waals surface area contributed by atoms with Gasteiger partial charge in [-0.2, -0.15) is 8.42 Å². The summed E-state index contributed by atoms with van der Waals surface area (Å²) in [6.45, 7) is 0.543. The Balaban J connectivity index is 1.61. The maximum absolute atomic E-state index is 14.5. The SMILES string of the molecule is C[C@H](O)C1NC(=O)[C@@H](NC(=O)Oc2ccccc2)C[C@@H](O)CNC(=O)C2[C@@H](O)[C@@H](C)CN2C(=O)C([C@H](O)CC(N)=O)NC(=O)C([C@H](O)[C@@H](O)c2ccc(O)c(OS(=O)(=O)O)c2)NC(=O)C2C[C@@H](O)CN2C1=O. The normalized spacial score (nSPS) is 28.9. The predicted octanol–water partition coefficient (Wildman–Crippen LogP) is -6.75. The molecule has 2 aromatic rings. The second-order valence-electron chi connectivity index (χ2n) is 17.4. The zero-order chi connectivity index (χ0) is 53.5. The highest BCUT2D eigenvalue weighted by molar-refractivity contribution is 7.81. The lowest BCUT2D eigenvalue weighted by Crippen LogP contribution is -2.64. The topological polar surface area (TPSA) is 464 Å². The number of para-hydroxylation sites is 1. The molecule has 30 heteroatoms. The number of carbonyl (C=O) groups is 8. The van der Waals surface area contributed by atoms with Crippen LogP contribution >= 0.6 is 0 Å². The van der Waals surface area contributed by atoms with E-state index in [0.29, 0.717) is 15.9 Å². The number of nitrogens with two attached hydrogens (primary N) is 1. The van der Waals surface area contributed by atoms with Crippen LogP contribution in [0, 0.1) is 5.92 Å². The number of nitrogens with zero attached hydrogens (tertiary/aromatic N) is 2. The van der Waals surface area contributed by atoms with E-state index in [1.807, 2.05) is 0 Å². The highest BCUT2D eigenvalue weighted by atomic mass is 32.3.